The van der Waals surface area contributed by atoms with E-state index in [2.05, 4.69) is 42.0 Å². The molecular formula is C13H14N2OS. The largest absolute Gasteiger partial charge is 0.491 e. The minimum atomic E-state index is 0.473. The van der Waals surface area contributed by atoms with Gasteiger partial charge in [-0.1, -0.05) is 29.4 Å². The van der Waals surface area contributed by atoms with Gasteiger partial charge >= 0.3 is 0 Å². The molecule has 0 saturated heterocycles. The second-order valence-electron chi connectivity index (χ2n) is 3.99. The quantitative estimate of drug-likeness (QED) is 0.825. The van der Waals surface area contributed by atoms with E-state index >= 15 is 0 Å². The third-order valence-electron chi connectivity index (χ3n) is 2.53. The molecule has 0 bridgehead atoms. The third kappa shape index (κ3) is 2.36. The first-order valence-corrected chi connectivity index (χ1v) is 5.73. The van der Waals surface area contributed by atoms with Crippen molar-refractivity contribution in [3.05, 3.63) is 40.3 Å². The maximum atomic E-state index is 5.31. The van der Waals surface area contributed by atoms with Crippen LogP contribution >= 0.6 is 12.2 Å². The highest BCUT2D eigenvalue weighted by Gasteiger charge is 2.09. The molecule has 1 aromatic heterocycles. The summed E-state index contributed by atoms with van der Waals surface area (Å²) in [6.07, 6.45) is 1.60. The predicted octanol–water partition coefficient (Wildman–Crippen LogP) is 3.43. The van der Waals surface area contributed by atoms with Crippen molar-refractivity contribution in [3.63, 3.8) is 0 Å². The highest BCUT2D eigenvalue weighted by molar-refractivity contribution is 7.71. The molecule has 0 saturated carbocycles. The van der Waals surface area contributed by atoms with E-state index in [9.17, 15) is 0 Å². The standard InChI is InChI=1S/C13H14N2OS/c1-8-4-9(2)6-10(5-8)11-12(16-3)13(17)15-7-14-11/h4-7H,1-3H3,(H,14,15,17). The number of aromatic amines is 1. The lowest BCUT2D eigenvalue weighted by atomic mass is 10.0. The fourth-order valence-corrected chi connectivity index (χ4v) is 2.15. The topological polar surface area (TPSA) is 37.9 Å². The molecule has 2 aromatic rings. The monoisotopic (exact) mass is 246 g/mol. The molecule has 17 heavy (non-hydrogen) atoms. The lowest BCUT2D eigenvalue weighted by Crippen LogP contribution is -1.95. The summed E-state index contributed by atoms with van der Waals surface area (Å²) in [4.78, 5) is 7.11. The molecule has 1 heterocycles. The van der Waals surface area contributed by atoms with Crippen LogP contribution in [0.5, 0.6) is 5.75 Å². The van der Waals surface area contributed by atoms with Crippen LogP contribution in [0.1, 0.15) is 11.1 Å². The van der Waals surface area contributed by atoms with Crippen molar-refractivity contribution < 1.29 is 4.74 Å². The van der Waals surface area contributed by atoms with Crippen LogP contribution < -0.4 is 4.74 Å². The highest BCUT2D eigenvalue weighted by atomic mass is 32.1. The van der Waals surface area contributed by atoms with Gasteiger partial charge in [-0.15, -0.1) is 0 Å². The number of H-pyrrole nitrogens is 1. The first kappa shape index (κ1) is 11.8. The smallest absolute Gasteiger partial charge is 0.179 e. The van der Waals surface area contributed by atoms with Crippen LogP contribution in [0.25, 0.3) is 11.3 Å². The summed E-state index contributed by atoms with van der Waals surface area (Å²) in [6, 6.07) is 6.32. The Morgan fingerprint density at radius 1 is 1.18 bits per heavy atom. The number of ether oxygens (including phenoxy) is 1. The number of methoxy groups -OCH3 is 1. The maximum absolute atomic E-state index is 5.31. The van der Waals surface area contributed by atoms with Gasteiger partial charge in [-0.3, -0.25) is 0 Å². The van der Waals surface area contributed by atoms with Crippen molar-refractivity contribution >= 4 is 12.2 Å². The van der Waals surface area contributed by atoms with Crippen LogP contribution in [0.2, 0.25) is 0 Å². The highest BCUT2D eigenvalue weighted by Crippen LogP contribution is 2.28. The molecule has 0 aliphatic carbocycles. The van der Waals surface area contributed by atoms with E-state index in [0.29, 0.717) is 10.4 Å². The van der Waals surface area contributed by atoms with Gasteiger partial charge in [-0.25, -0.2) is 4.98 Å². The van der Waals surface area contributed by atoms with Crippen molar-refractivity contribution in [1.82, 2.24) is 9.97 Å². The van der Waals surface area contributed by atoms with Gasteiger partial charge in [0.2, 0.25) is 0 Å². The zero-order chi connectivity index (χ0) is 12.4. The molecular weight excluding hydrogens is 232 g/mol. The Kier molecular flexibility index (Phi) is 3.24. The number of aromatic nitrogens is 2. The molecule has 1 N–H and O–H groups in total. The number of nitrogens with one attached hydrogen (secondary N) is 1. The fourth-order valence-electron chi connectivity index (χ4n) is 1.91. The molecule has 3 nitrogen and oxygen atoms in total. The lowest BCUT2D eigenvalue weighted by molar-refractivity contribution is 0.411. The van der Waals surface area contributed by atoms with Crippen molar-refractivity contribution in [2.75, 3.05) is 7.11 Å². The third-order valence-corrected chi connectivity index (χ3v) is 2.82. The van der Waals surface area contributed by atoms with E-state index in [1.807, 2.05) is 0 Å². The molecule has 2 rings (SSSR count). The van der Waals surface area contributed by atoms with E-state index in [0.717, 1.165) is 11.3 Å². The molecule has 0 unspecified atom stereocenters. The van der Waals surface area contributed by atoms with Gasteiger partial charge in [0, 0.05) is 5.56 Å². The zero-order valence-electron chi connectivity index (χ0n) is 10.1. The van der Waals surface area contributed by atoms with Crippen molar-refractivity contribution in [3.8, 4) is 17.0 Å². The summed E-state index contributed by atoms with van der Waals surface area (Å²) < 4.78 is 5.78. The van der Waals surface area contributed by atoms with Crippen LogP contribution in [0, 0.1) is 18.5 Å². The van der Waals surface area contributed by atoms with E-state index in [4.69, 9.17) is 17.0 Å². The number of nitrogens with zero attached hydrogens (tertiary/aromatic N) is 1. The van der Waals surface area contributed by atoms with E-state index in [1.165, 1.54) is 11.1 Å². The van der Waals surface area contributed by atoms with Gasteiger partial charge < -0.3 is 9.72 Å². The Bertz CT molecular complexity index is 584. The van der Waals surface area contributed by atoms with Gasteiger partial charge in [0.15, 0.2) is 10.4 Å². The second kappa shape index (κ2) is 4.67. The number of hydrogen-bond donors (Lipinski definition) is 1. The van der Waals surface area contributed by atoms with Crippen LogP contribution in [0.3, 0.4) is 0 Å². The van der Waals surface area contributed by atoms with Gasteiger partial charge in [0.1, 0.15) is 0 Å². The lowest BCUT2D eigenvalue weighted by Gasteiger charge is -2.09. The average molecular weight is 246 g/mol. The molecule has 0 amide bonds. The Balaban J connectivity index is 2.68. The van der Waals surface area contributed by atoms with Crippen molar-refractivity contribution in [1.29, 1.82) is 0 Å². The van der Waals surface area contributed by atoms with Crippen LogP contribution in [-0.4, -0.2) is 17.1 Å². The Labute approximate surface area is 105 Å². The summed E-state index contributed by atoms with van der Waals surface area (Å²) >= 11 is 5.15. The Morgan fingerprint density at radius 3 is 2.41 bits per heavy atom. The molecule has 4 heteroatoms. The SMILES string of the molecule is COc1c(-c2cc(C)cc(C)c2)[nH]cnc1=S. The van der Waals surface area contributed by atoms with E-state index in [1.54, 1.807) is 13.4 Å². The number of rotatable bonds is 2. The van der Waals surface area contributed by atoms with Crippen LogP contribution in [0.4, 0.5) is 0 Å². The van der Waals surface area contributed by atoms with Crippen molar-refractivity contribution in [2.24, 2.45) is 0 Å². The van der Waals surface area contributed by atoms with Gasteiger partial charge in [-0.2, -0.15) is 0 Å². The molecule has 88 valence electrons. The number of aryl methyl sites for hydroxylation is 2. The number of hydrogen-bond acceptors (Lipinski definition) is 3. The number of benzene rings is 1. The van der Waals surface area contributed by atoms with Gasteiger partial charge in [0.05, 0.1) is 19.1 Å². The minimum Gasteiger partial charge on any atom is -0.491 e. The Hall–Kier alpha value is -1.68. The molecule has 0 aliphatic heterocycles. The molecule has 0 aliphatic rings. The molecule has 1 aromatic carbocycles. The van der Waals surface area contributed by atoms with Crippen molar-refractivity contribution in [2.45, 2.75) is 13.8 Å². The fraction of sp³-hybridized carbons (Fsp3) is 0.231. The average Bonchev–Trinajstić information content (AvgIpc) is 2.27. The van der Waals surface area contributed by atoms with E-state index < -0.39 is 0 Å². The van der Waals surface area contributed by atoms with Crippen LogP contribution in [-0.2, 0) is 0 Å². The maximum Gasteiger partial charge on any atom is 0.179 e. The summed E-state index contributed by atoms with van der Waals surface area (Å²) in [6.45, 7) is 4.14. The van der Waals surface area contributed by atoms with Gasteiger partial charge in [-0.05, 0) is 26.0 Å². The zero-order valence-corrected chi connectivity index (χ0v) is 10.9. The summed E-state index contributed by atoms with van der Waals surface area (Å²) in [7, 11) is 1.60. The first-order chi connectivity index (χ1) is 8.11. The molecule has 0 fully saturated rings. The molecule has 0 radical (unpaired) electrons. The predicted molar refractivity (Wildman–Crippen MR) is 70.9 cm³/mol. The normalized spacial score (nSPS) is 10.3. The second-order valence-corrected chi connectivity index (χ2v) is 4.38. The van der Waals surface area contributed by atoms with Crippen LogP contribution in [0.15, 0.2) is 24.5 Å². The molecule has 0 spiro atoms. The Morgan fingerprint density at radius 2 is 1.82 bits per heavy atom. The molecule has 0 atom stereocenters. The first-order valence-electron chi connectivity index (χ1n) is 5.32. The summed E-state index contributed by atoms with van der Waals surface area (Å²) in [5.74, 6) is 0.618. The van der Waals surface area contributed by atoms with E-state index in [-0.39, 0.29) is 0 Å². The minimum absolute atomic E-state index is 0.473. The summed E-state index contributed by atoms with van der Waals surface area (Å²) in [5, 5.41) is 0. The summed E-state index contributed by atoms with van der Waals surface area (Å²) in [5.41, 5.74) is 4.35. The van der Waals surface area contributed by atoms with Gasteiger partial charge in [0.25, 0.3) is 0 Å².